The number of ether oxygens (including phenoxy) is 1. The average molecular weight is 490 g/mol. The molecule has 10 heteroatoms. The minimum atomic E-state index is -0.537. The van der Waals surface area contributed by atoms with Crippen molar-refractivity contribution < 1.29 is 9.53 Å². The first-order valence-electron chi connectivity index (χ1n) is 10.5. The zero-order valence-electron chi connectivity index (χ0n) is 18.1. The standard InChI is InChI=1S/C24H19N5O3S2/c1-2-20-26-29-21(30)13-17(25-24(29)34-20)15-32-22(31)11-10-16-14-28(18-7-4-3-5-8-18)27-23(16)19-9-6-12-33-19/h3-14H,2,15H2,1H3/b11-10+. The van der Waals surface area contributed by atoms with E-state index < -0.39 is 5.97 Å². The molecule has 0 amide bonds. The molecule has 1 aromatic carbocycles. The first-order chi connectivity index (χ1) is 16.6. The third-order valence-corrected chi connectivity index (χ3v) is 6.85. The predicted molar refractivity (Wildman–Crippen MR) is 132 cm³/mol. The number of carbonyl (C=O) groups is 1. The monoisotopic (exact) mass is 489 g/mol. The van der Waals surface area contributed by atoms with E-state index in [1.54, 1.807) is 22.1 Å². The van der Waals surface area contributed by atoms with Crippen molar-refractivity contribution in [1.82, 2.24) is 24.4 Å². The third kappa shape index (κ3) is 4.59. The van der Waals surface area contributed by atoms with Crippen molar-refractivity contribution in [1.29, 1.82) is 0 Å². The Balaban J connectivity index is 1.34. The Hall–Kier alpha value is -3.89. The number of nitrogens with zero attached hydrogens (tertiary/aromatic N) is 5. The van der Waals surface area contributed by atoms with Crippen molar-refractivity contribution in [3.8, 4) is 16.3 Å². The summed E-state index contributed by atoms with van der Waals surface area (Å²) >= 11 is 2.92. The van der Waals surface area contributed by atoms with Gasteiger partial charge in [-0.2, -0.15) is 14.7 Å². The largest absolute Gasteiger partial charge is 0.456 e. The van der Waals surface area contributed by atoms with Gasteiger partial charge in [0.1, 0.15) is 17.3 Å². The van der Waals surface area contributed by atoms with Crippen LogP contribution in [0.25, 0.3) is 27.3 Å². The molecule has 4 heterocycles. The van der Waals surface area contributed by atoms with Gasteiger partial charge in [0.15, 0.2) is 0 Å². The minimum Gasteiger partial charge on any atom is -0.456 e. The molecule has 0 aliphatic carbocycles. The van der Waals surface area contributed by atoms with Gasteiger partial charge in [0.25, 0.3) is 5.56 Å². The Morgan fingerprint density at radius 1 is 1.15 bits per heavy atom. The summed E-state index contributed by atoms with van der Waals surface area (Å²) in [6.45, 7) is 1.86. The molecule has 5 rings (SSSR count). The Labute approximate surface area is 202 Å². The van der Waals surface area contributed by atoms with Crippen molar-refractivity contribution in [2.45, 2.75) is 20.0 Å². The summed E-state index contributed by atoms with van der Waals surface area (Å²) in [6.07, 6.45) is 5.64. The summed E-state index contributed by atoms with van der Waals surface area (Å²) in [7, 11) is 0. The molecule has 170 valence electrons. The van der Waals surface area contributed by atoms with Crippen molar-refractivity contribution in [3.63, 3.8) is 0 Å². The van der Waals surface area contributed by atoms with Crippen LogP contribution in [0.5, 0.6) is 0 Å². The second-order valence-electron chi connectivity index (χ2n) is 7.26. The maximum Gasteiger partial charge on any atom is 0.331 e. The van der Waals surface area contributed by atoms with E-state index in [4.69, 9.17) is 9.84 Å². The van der Waals surface area contributed by atoms with Gasteiger partial charge in [-0.1, -0.05) is 42.5 Å². The van der Waals surface area contributed by atoms with Gasteiger partial charge in [0, 0.05) is 23.9 Å². The smallest absolute Gasteiger partial charge is 0.331 e. The van der Waals surface area contributed by atoms with E-state index in [0.717, 1.165) is 33.3 Å². The second-order valence-corrected chi connectivity index (χ2v) is 9.25. The van der Waals surface area contributed by atoms with Gasteiger partial charge in [0.2, 0.25) is 4.96 Å². The Kier molecular flexibility index (Phi) is 6.15. The van der Waals surface area contributed by atoms with Crippen LogP contribution in [0.3, 0.4) is 0 Å². The maximum absolute atomic E-state index is 12.4. The SMILES string of the molecule is CCc1nn2c(=O)cc(COC(=O)/C=C/c3cn(-c4ccccc4)nc3-c3cccs3)nc2s1. The molecule has 0 fully saturated rings. The molecule has 0 spiro atoms. The number of fused-ring (bicyclic) bond motifs is 1. The number of hydrogen-bond donors (Lipinski definition) is 0. The summed E-state index contributed by atoms with van der Waals surface area (Å²) in [5.74, 6) is -0.537. The molecule has 5 aromatic rings. The van der Waals surface area contributed by atoms with Gasteiger partial charge < -0.3 is 4.74 Å². The molecule has 0 aliphatic rings. The van der Waals surface area contributed by atoms with Gasteiger partial charge in [-0.25, -0.2) is 14.5 Å². The summed E-state index contributed by atoms with van der Waals surface area (Å²) in [6, 6.07) is 15.1. The van der Waals surface area contributed by atoms with Crippen LogP contribution >= 0.6 is 22.7 Å². The zero-order valence-corrected chi connectivity index (χ0v) is 19.8. The molecule has 4 aromatic heterocycles. The predicted octanol–water partition coefficient (Wildman–Crippen LogP) is 4.38. The number of benzene rings is 1. The van der Waals surface area contributed by atoms with Crippen LogP contribution in [0.1, 0.15) is 23.2 Å². The highest BCUT2D eigenvalue weighted by Crippen LogP contribution is 2.28. The third-order valence-electron chi connectivity index (χ3n) is 4.92. The van der Waals surface area contributed by atoms with Gasteiger partial charge in [-0.3, -0.25) is 4.79 Å². The molecule has 0 atom stereocenters. The molecular formula is C24H19N5O3S2. The summed E-state index contributed by atoms with van der Waals surface area (Å²) in [4.78, 5) is 30.5. The Bertz CT molecular complexity index is 1530. The summed E-state index contributed by atoms with van der Waals surface area (Å²) in [5.41, 5.74) is 2.58. The maximum atomic E-state index is 12.4. The minimum absolute atomic E-state index is 0.102. The fourth-order valence-electron chi connectivity index (χ4n) is 3.29. The number of esters is 1. The molecule has 0 unspecified atom stereocenters. The van der Waals surface area contributed by atoms with Gasteiger partial charge in [0.05, 0.1) is 16.3 Å². The van der Waals surface area contributed by atoms with E-state index in [2.05, 4.69) is 10.1 Å². The number of carbonyl (C=O) groups excluding carboxylic acids is 1. The first kappa shape index (κ1) is 21.9. The zero-order chi connectivity index (χ0) is 23.5. The van der Waals surface area contributed by atoms with Crippen molar-refractivity contribution in [2.24, 2.45) is 0 Å². The van der Waals surface area contributed by atoms with E-state index in [1.165, 1.54) is 28.0 Å². The first-order valence-corrected chi connectivity index (χ1v) is 12.2. The lowest BCUT2D eigenvalue weighted by Gasteiger charge is -2.01. The molecule has 0 N–H and O–H groups in total. The van der Waals surface area contributed by atoms with E-state index >= 15 is 0 Å². The van der Waals surface area contributed by atoms with E-state index in [1.807, 2.05) is 61.0 Å². The van der Waals surface area contributed by atoms with Crippen molar-refractivity contribution in [3.05, 3.63) is 92.8 Å². The average Bonchev–Trinajstić information content (AvgIpc) is 3.61. The van der Waals surface area contributed by atoms with Gasteiger partial charge in [-0.15, -0.1) is 11.3 Å². The number of thiophene rings is 1. The summed E-state index contributed by atoms with van der Waals surface area (Å²) < 4.78 is 8.39. The van der Waals surface area contributed by atoms with Crippen LogP contribution in [0.4, 0.5) is 0 Å². The van der Waals surface area contributed by atoms with Crippen molar-refractivity contribution >= 4 is 39.7 Å². The van der Waals surface area contributed by atoms with E-state index in [-0.39, 0.29) is 12.2 Å². The lowest BCUT2D eigenvalue weighted by molar-refractivity contribution is -0.139. The highest BCUT2D eigenvalue weighted by Gasteiger charge is 2.13. The van der Waals surface area contributed by atoms with Gasteiger partial charge >= 0.3 is 5.97 Å². The number of aromatic nitrogens is 5. The Morgan fingerprint density at radius 3 is 2.76 bits per heavy atom. The number of rotatable bonds is 7. The van der Waals surface area contributed by atoms with Crippen LogP contribution in [0.15, 0.2) is 71.0 Å². The highest BCUT2D eigenvalue weighted by molar-refractivity contribution is 7.16. The van der Waals surface area contributed by atoms with Crippen LogP contribution in [-0.2, 0) is 22.6 Å². The molecule has 0 radical (unpaired) electrons. The topological polar surface area (TPSA) is 91.4 Å². The lowest BCUT2D eigenvalue weighted by atomic mass is 10.2. The van der Waals surface area contributed by atoms with Crippen molar-refractivity contribution in [2.75, 3.05) is 0 Å². The highest BCUT2D eigenvalue weighted by atomic mass is 32.1. The second kappa shape index (κ2) is 9.54. The lowest BCUT2D eigenvalue weighted by Crippen LogP contribution is -2.16. The number of aryl methyl sites for hydroxylation is 1. The molecule has 0 aliphatic heterocycles. The molecule has 0 bridgehead atoms. The van der Waals surface area contributed by atoms with Crippen LogP contribution in [0.2, 0.25) is 0 Å². The van der Waals surface area contributed by atoms with Crippen LogP contribution < -0.4 is 5.56 Å². The molecular weight excluding hydrogens is 470 g/mol. The molecule has 34 heavy (non-hydrogen) atoms. The van der Waals surface area contributed by atoms with Gasteiger partial charge in [-0.05, 0) is 36.1 Å². The van der Waals surface area contributed by atoms with E-state index in [9.17, 15) is 9.59 Å². The normalized spacial score (nSPS) is 11.4. The van der Waals surface area contributed by atoms with E-state index in [0.29, 0.717) is 10.7 Å². The Morgan fingerprint density at radius 2 is 2.00 bits per heavy atom. The fourth-order valence-corrected chi connectivity index (χ4v) is 4.88. The fraction of sp³-hybridized carbons (Fsp3) is 0.125. The number of para-hydroxylation sites is 1. The molecule has 0 saturated carbocycles. The number of hydrogen-bond acceptors (Lipinski definition) is 8. The van der Waals surface area contributed by atoms with Crippen LogP contribution in [-0.4, -0.2) is 30.3 Å². The quantitative estimate of drug-likeness (QED) is 0.249. The van der Waals surface area contributed by atoms with Crippen LogP contribution in [0, 0.1) is 0 Å². The molecule has 8 nitrogen and oxygen atoms in total. The summed E-state index contributed by atoms with van der Waals surface area (Å²) in [5, 5.41) is 11.7. The molecule has 0 saturated heterocycles.